The number of pyridine rings is 1. The lowest BCUT2D eigenvalue weighted by atomic mass is 10.1. The highest BCUT2D eigenvalue weighted by molar-refractivity contribution is 5.75. The van der Waals surface area contributed by atoms with Crippen molar-refractivity contribution in [2.24, 2.45) is 5.73 Å². The molecule has 1 atom stereocenters. The van der Waals surface area contributed by atoms with E-state index in [9.17, 15) is 4.79 Å². The molecule has 1 amide bonds. The second kappa shape index (κ2) is 7.35. The summed E-state index contributed by atoms with van der Waals surface area (Å²) < 4.78 is 7.77. The van der Waals surface area contributed by atoms with Gasteiger partial charge in [0.05, 0.1) is 18.3 Å². The Kier molecular flexibility index (Phi) is 4.97. The van der Waals surface area contributed by atoms with E-state index in [4.69, 9.17) is 10.5 Å². The molecule has 1 unspecified atom stereocenters. The zero-order valence-corrected chi connectivity index (χ0v) is 15.0. The summed E-state index contributed by atoms with van der Waals surface area (Å²) in [6.45, 7) is 5.90. The molecule has 134 valence electrons. The predicted molar refractivity (Wildman–Crippen MR) is 97.0 cm³/mol. The topological polar surface area (TPSA) is 95.9 Å². The van der Waals surface area contributed by atoms with Gasteiger partial charge in [0, 0.05) is 6.20 Å². The van der Waals surface area contributed by atoms with E-state index in [1.807, 2.05) is 51.1 Å². The summed E-state index contributed by atoms with van der Waals surface area (Å²) in [6, 6.07) is 9.72. The third-order valence-corrected chi connectivity index (χ3v) is 3.91. The first-order chi connectivity index (χ1) is 12.4. The Balaban J connectivity index is 1.97. The Morgan fingerprint density at radius 2 is 2.12 bits per heavy atom. The molecule has 26 heavy (non-hydrogen) atoms. The van der Waals surface area contributed by atoms with Gasteiger partial charge in [-0.25, -0.2) is 9.67 Å². The second-order valence-electron chi connectivity index (χ2n) is 6.18. The maximum absolute atomic E-state index is 11.3. The van der Waals surface area contributed by atoms with Gasteiger partial charge in [0.1, 0.15) is 5.75 Å². The number of amides is 1. The van der Waals surface area contributed by atoms with Gasteiger partial charge in [-0.3, -0.25) is 9.78 Å². The highest BCUT2D eigenvalue weighted by Gasteiger charge is 2.20. The average molecular weight is 351 g/mol. The molecule has 0 aliphatic rings. The monoisotopic (exact) mass is 351 g/mol. The molecule has 3 rings (SSSR count). The second-order valence-corrected chi connectivity index (χ2v) is 6.18. The Labute approximate surface area is 151 Å². The Morgan fingerprint density at radius 3 is 2.81 bits per heavy atom. The molecule has 2 heterocycles. The number of rotatable bonds is 6. The zero-order chi connectivity index (χ0) is 18.7. The van der Waals surface area contributed by atoms with Crippen molar-refractivity contribution in [1.82, 2.24) is 19.7 Å². The summed E-state index contributed by atoms with van der Waals surface area (Å²) >= 11 is 0. The minimum absolute atomic E-state index is 0.0313. The van der Waals surface area contributed by atoms with Crippen LogP contribution in [0.4, 0.5) is 0 Å². The van der Waals surface area contributed by atoms with Gasteiger partial charge in [0.2, 0.25) is 5.91 Å². The number of benzene rings is 1. The fourth-order valence-corrected chi connectivity index (χ4v) is 2.61. The fourth-order valence-electron chi connectivity index (χ4n) is 2.61. The van der Waals surface area contributed by atoms with Crippen LogP contribution in [0, 0.1) is 13.8 Å². The van der Waals surface area contributed by atoms with Crippen LogP contribution in [-0.4, -0.2) is 25.7 Å². The number of ether oxygens (including phenoxy) is 1. The summed E-state index contributed by atoms with van der Waals surface area (Å²) in [4.78, 5) is 19.9. The van der Waals surface area contributed by atoms with Gasteiger partial charge >= 0.3 is 0 Å². The van der Waals surface area contributed by atoms with Crippen LogP contribution in [0.5, 0.6) is 5.75 Å². The van der Waals surface area contributed by atoms with Crippen LogP contribution in [0.2, 0.25) is 0 Å². The number of aromatic nitrogens is 4. The van der Waals surface area contributed by atoms with E-state index in [2.05, 4.69) is 15.1 Å². The van der Waals surface area contributed by atoms with Crippen LogP contribution in [0.15, 0.2) is 42.7 Å². The number of aryl methyl sites for hydroxylation is 2. The number of carbonyl (C=O) groups is 1. The molecule has 0 fully saturated rings. The predicted octanol–water partition coefficient (Wildman–Crippen LogP) is 2.45. The molecule has 2 aromatic heterocycles. The number of nitrogens with zero attached hydrogens (tertiary/aromatic N) is 4. The Hall–Kier alpha value is -3.22. The quantitative estimate of drug-likeness (QED) is 0.736. The minimum atomic E-state index is -0.483. The summed E-state index contributed by atoms with van der Waals surface area (Å²) in [5, 5.41) is 4.41. The van der Waals surface area contributed by atoms with E-state index in [0.29, 0.717) is 11.6 Å². The zero-order valence-electron chi connectivity index (χ0n) is 15.0. The van der Waals surface area contributed by atoms with Crippen LogP contribution in [-0.2, 0) is 11.2 Å². The number of hydrogen-bond acceptors (Lipinski definition) is 5. The van der Waals surface area contributed by atoms with Crippen molar-refractivity contribution in [3.63, 3.8) is 0 Å². The van der Waals surface area contributed by atoms with Gasteiger partial charge in [-0.1, -0.05) is 12.1 Å². The SMILES string of the molecule is Cc1ccc(C)c(OC(C)c2nc(CC(N)=O)nn2-c2cccnc2)c1. The standard InChI is InChI=1S/C19H21N5O2/c1-12-6-7-13(2)16(9-12)26-14(3)19-22-18(10-17(20)25)23-24(19)15-5-4-8-21-11-15/h4-9,11,14H,10H2,1-3H3,(H2,20,25). The molecule has 3 aromatic rings. The van der Waals surface area contributed by atoms with Crippen molar-refractivity contribution in [3.05, 3.63) is 65.5 Å². The van der Waals surface area contributed by atoms with Gasteiger partial charge in [0.25, 0.3) is 0 Å². The van der Waals surface area contributed by atoms with E-state index < -0.39 is 5.91 Å². The highest BCUT2D eigenvalue weighted by atomic mass is 16.5. The first kappa shape index (κ1) is 17.6. The maximum atomic E-state index is 11.3. The van der Waals surface area contributed by atoms with Crippen molar-refractivity contribution in [3.8, 4) is 11.4 Å². The third kappa shape index (κ3) is 3.88. The smallest absolute Gasteiger partial charge is 0.225 e. The third-order valence-electron chi connectivity index (χ3n) is 3.91. The van der Waals surface area contributed by atoms with Crippen molar-refractivity contribution >= 4 is 5.91 Å². The lowest BCUT2D eigenvalue weighted by molar-refractivity contribution is -0.117. The first-order valence-electron chi connectivity index (χ1n) is 8.32. The van der Waals surface area contributed by atoms with Crippen molar-refractivity contribution < 1.29 is 9.53 Å². The van der Waals surface area contributed by atoms with Crippen LogP contribution < -0.4 is 10.5 Å². The van der Waals surface area contributed by atoms with Crippen molar-refractivity contribution in [1.29, 1.82) is 0 Å². The first-order valence-corrected chi connectivity index (χ1v) is 8.32. The van der Waals surface area contributed by atoms with E-state index in [1.54, 1.807) is 17.1 Å². The van der Waals surface area contributed by atoms with E-state index in [-0.39, 0.29) is 12.5 Å². The molecule has 7 heteroatoms. The largest absolute Gasteiger partial charge is 0.482 e. The molecule has 7 nitrogen and oxygen atoms in total. The van der Waals surface area contributed by atoms with Crippen LogP contribution in [0.1, 0.15) is 35.8 Å². The molecular weight excluding hydrogens is 330 g/mol. The summed E-state index contributed by atoms with van der Waals surface area (Å²) in [5.74, 6) is 1.24. The van der Waals surface area contributed by atoms with Crippen LogP contribution in [0.3, 0.4) is 0 Å². The van der Waals surface area contributed by atoms with Crippen molar-refractivity contribution in [2.75, 3.05) is 0 Å². The molecule has 0 bridgehead atoms. The number of nitrogens with two attached hydrogens (primary N) is 1. The van der Waals surface area contributed by atoms with Gasteiger partial charge < -0.3 is 10.5 Å². The van der Waals surface area contributed by atoms with Crippen molar-refractivity contribution in [2.45, 2.75) is 33.3 Å². The van der Waals surface area contributed by atoms with Gasteiger partial charge in [-0.05, 0) is 50.1 Å². The molecule has 2 N–H and O–H groups in total. The maximum Gasteiger partial charge on any atom is 0.225 e. The molecule has 0 saturated heterocycles. The number of carbonyl (C=O) groups excluding carboxylic acids is 1. The molecule has 0 aliphatic carbocycles. The minimum Gasteiger partial charge on any atom is -0.482 e. The molecular formula is C19H21N5O2. The molecule has 0 radical (unpaired) electrons. The molecule has 1 aromatic carbocycles. The van der Waals surface area contributed by atoms with E-state index in [1.165, 1.54) is 0 Å². The lowest BCUT2D eigenvalue weighted by Crippen LogP contribution is -2.14. The van der Waals surface area contributed by atoms with E-state index in [0.717, 1.165) is 22.6 Å². The van der Waals surface area contributed by atoms with E-state index >= 15 is 0 Å². The average Bonchev–Trinajstić information content (AvgIpc) is 3.02. The number of hydrogen-bond donors (Lipinski definition) is 1. The Bertz CT molecular complexity index is 921. The summed E-state index contributed by atoms with van der Waals surface area (Å²) in [6.07, 6.45) is 2.94. The molecule has 0 spiro atoms. The van der Waals surface area contributed by atoms with Crippen LogP contribution in [0.25, 0.3) is 5.69 Å². The fraction of sp³-hybridized carbons (Fsp3) is 0.263. The van der Waals surface area contributed by atoms with Crippen LogP contribution >= 0.6 is 0 Å². The van der Waals surface area contributed by atoms with Gasteiger partial charge in [-0.15, -0.1) is 0 Å². The highest BCUT2D eigenvalue weighted by Crippen LogP contribution is 2.26. The van der Waals surface area contributed by atoms with Gasteiger partial charge in [0.15, 0.2) is 17.8 Å². The number of primary amides is 1. The lowest BCUT2D eigenvalue weighted by Gasteiger charge is -2.17. The normalized spacial score (nSPS) is 12.0. The summed E-state index contributed by atoms with van der Waals surface area (Å²) in [7, 11) is 0. The molecule has 0 aliphatic heterocycles. The Morgan fingerprint density at radius 1 is 1.31 bits per heavy atom. The van der Waals surface area contributed by atoms with Gasteiger partial charge in [-0.2, -0.15) is 5.10 Å². The summed E-state index contributed by atoms with van der Waals surface area (Å²) in [5.41, 5.74) is 8.17. The molecule has 0 saturated carbocycles.